The third kappa shape index (κ3) is 4.40. The molecule has 0 fully saturated rings. The molecular weight excluding hydrogens is 384 g/mol. The Morgan fingerprint density at radius 3 is 2.79 bits per heavy atom. The molecule has 29 heavy (non-hydrogen) atoms. The van der Waals surface area contributed by atoms with Gasteiger partial charge in [-0.2, -0.15) is 0 Å². The molecule has 1 aromatic carbocycles. The first-order chi connectivity index (χ1) is 14.0. The van der Waals surface area contributed by atoms with Crippen LogP contribution in [0, 0.1) is 0 Å². The summed E-state index contributed by atoms with van der Waals surface area (Å²) in [6.07, 6.45) is 5.09. The van der Waals surface area contributed by atoms with E-state index in [1.165, 1.54) is 29.3 Å². The SMILES string of the molecule is CC(Sc1nnc(C(C)C)n1Cc1ccco1)C(=O)Nc1ccc2c(c1)CCC2. The van der Waals surface area contributed by atoms with E-state index in [0.717, 1.165) is 35.3 Å². The zero-order valence-corrected chi connectivity index (χ0v) is 17.8. The van der Waals surface area contributed by atoms with Gasteiger partial charge in [0.05, 0.1) is 18.1 Å². The van der Waals surface area contributed by atoms with Crippen LogP contribution in [-0.2, 0) is 24.2 Å². The zero-order chi connectivity index (χ0) is 20.4. The van der Waals surface area contributed by atoms with Crippen molar-refractivity contribution in [3.8, 4) is 0 Å². The molecule has 0 bridgehead atoms. The number of anilines is 1. The second-order valence-corrected chi connectivity index (χ2v) is 9.06. The van der Waals surface area contributed by atoms with Crippen molar-refractivity contribution >= 4 is 23.4 Å². The number of furan rings is 1. The fraction of sp³-hybridized carbons (Fsp3) is 0.409. The highest BCUT2D eigenvalue weighted by Gasteiger charge is 2.22. The molecule has 4 rings (SSSR count). The monoisotopic (exact) mass is 410 g/mol. The summed E-state index contributed by atoms with van der Waals surface area (Å²) in [7, 11) is 0. The fourth-order valence-electron chi connectivity index (χ4n) is 3.63. The van der Waals surface area contributed by atoms with Gasteiger partial charge in [-0.15, -0.1) is 10.2 Å². The number of hydrogen-bond donors (Lipinski definition) is 1. The van der Waals surface area contributed by atoms with E-state index in [0.29, 0.717) is 6.54 Å². The summed E-state index contributed by atoms with van der Waals surface area (Å²) in [5.41, 5.74) is 3.61. The Bertz CT molecular complexity index is 994. The molecule has 1 unspecified atom stereocenters. The van der Waals surface area contributed by atoms with Crippen molar-refractivity contribution in [3.05, 3.63) is 59.3 Å². The number of benzene rings is 1. The van der Waals surface area contributed by atoms with Gasteiger partial charge in [-0.1, -0.05) is 31.7 Å². The second kappa shape index (κ2) is 8.45. The van der Waals surface area contributed by atoms with Gasteiger partial charge in [0, 0.05) is 11.6 Å². The van der Waals surface area contributed by atoms with Gasteiger partial charge in [-0.05, 0) is 61.6 Å². The van der Waals surface area contributed by atoms with Crippen molar-refractivity contribution < 1.29 is 9.21 Å². The molecule has 3 aromatic rings. The van der Waals surface area contributed by atoms with Crippen LogP contribution >= 0.6 is 11.8 Å². The van der Waals surface area contributed by atoms with Crippen LogP contribution in [0.25, 0.3) is 0 Å². The molecule has 6 nitrogen and oxygen atoms in total. The van der Waals surface area contributed by atoms with Gasteiger partial charge in [-0.25, -0.2) is 0 Å². The van der Waals surface area contributed by atoms with Crippen LogP contribution in [0.2, 0.25) is 0 Å². The van der Waals surface area contributed by atoms with Crippen LogP contribution in [0.5, 0.6) is 0 Å². The molecule has 0 aliphatic heterocycles. The van der Waals surface area contributed by atoms with Gasteiger partial charge >= 0.3 is 0 Å². The molecule has 1 aliphatic carbocycles. The number of thioether (sulfide) groups is 1. The van der Waals surface area contributed by atoms with Crippen molar-refractivity contribution in [1.82, 2.24) is 14.8 Å². The molecule has 2 aromatic heterocycles. The number of nitrogens with zero attached hydrogens (tertiary/aromatic N) is 3. The van der Waals surface area contributed by atoms with Gasteiger partial charge in [0.15, 0.2) is 5.16 Å². The minimum absolute atomic E-state index is 0.0356. The lowest BCUT2D eigenvalue weighted by Gasteiger charge is -2.14. The third-order valence-corrected chi connectivity index (χ3v) is 6.25. The maximum absolute atomic E-state index is 12.8. The molecule has 2 heterocycles. The average molecular weight is 411 g/mol. The fourth-order valence-corrected chi connectivity index (χ4v) is 4.48. The van der Waals surface area contributed by atoms with E-state index in [1.54, 1.807) is 6.26 Å². The van der Waals surface area contributed by atoms with Crippen LogP contribution in [0.4, 0.5) is 5.69 Å². The first-order valence-corrected chi connectivity index (χ1v) is 10.9. The minimum Gasteiger partial charge on any atom is -0.467 e. The maximum Gasteiger partial charge on any atom is 0.237 e. The molecule has 0 spiro atoms. The summed E-state index contributed by atoms with van der Waals surface area (Å²) in [5, 5.41) is 12.2. The van der Waals surface area contributed by atoms with E-state index >= 15 is 0 Å². The van der Waals surface area contributed by atoms with E-state index in [9.17, 15) is 4.79 Å². The van der Waals surface area contributed by atoms with Gasteiger partial charge in [-0.3, -0.25) is 9.36 Å². The summed E-state index contributed by atoms with van der Waals surface area (Å²) in [4.78, 5) is 12.8. The number of carbonyl (C=O) groups excluding carboxylic acids is 1. The normalized spacial score (nSPS) is 14.2. The van der Waals surface area contributed by atoms with Crippen LogP contribution in [0.1, 0.15) is 55.8 Å². The summed E-state index contributed by atoms with van der Waals surface area (Å²) in [5.74, 6) is 1.91. The number of rotatable bonds is 7. The van der Waals surface area contributed by atoms with E-state index in [-0.39, 0.29) is 17.1 Å². The van der Waals surface area contributed by atoms with Gasteiger partial charge in [0.25, 0.3) is 0 Å². The van der Waals surface area contributed by atoms with Crippen LogP contribution in [-0.4, -0.2) is 25.9 Å². The van der Waals surface area contributed by atoms with Crippen LogP contribution in [0.15, 0.2) is 46.2 Å². The Labute approximate surface area is 175 Å². The third-order valence-electron chi connectivity index (χ3n) is 5.17. The van der Waals surface area contributed by atoms with E-state index in [2.05, 4.69) is 41.5 Å². The predicted octanol–water partition coefficient (Wildman–Crippen LogP) is 4.65. The second-order valence-electron chi connectivity index (χ2n) is 7.75. The number of fused-ring (bicyclic) bond motifs is 1. The minimum atomic E-state index is -0.303. The van der Waals surface area contributed by atoms with Crippen molar-refractivity contribution in [3.63, 3.8) is 0 Å². The van der Waals surface area contributed by atoms with Crippen molar-refractivity contribution in [2.45, 2.75) is 62.9 Å². The Morgan fingerprint density at radius 1 is 1.21 bits per heavy atom. The number of hydrogen-bond acceptors (Lipinski definition) is 5. The highest BCUT2D eigenvalue weighted by molar-refractivity contribution is 8.00. The lowest BCUT2D eigenvalue weighted by Crippen LogP contribution is -2.23. The molecule has 0 saturated heterocycles. The molecule has 1 N–H and O–H groups in total. The highest BCUT2D eigenvalue weighted by Crippen LogP contribution is 2.28. The molecule has 1 aliphatic rings. The molecular formula is C22H26N4O2S. The summed E-state index contributed by atoms with van der Waals surface area (Å²) >= 11 is 1.42. The number of nitrogens with one attached hydrogen (secondary N) is 1. The quantitative estimate of drug-likeness (QED) is 0.574. The topological polar surface area (TPSA) is 73.0 Å². The molecule has 1 amide bonds. The Kier molecular flexibility index (Phi) is 5.76. The number of aryl methyl sites for hydroxylation is 2. The standard InChI is InChI=1S/C22H26N4O2S/c1-14(2)20-24-25-22(26(20)13-19-8-5-11-28-19)29-15(3)21(27)23-18-10-9-16-6-4-7-17(16)12-18/h5,8-12,14-15H,4,6-7,13H2,1-3H3,(H,23,27). The number of carbonyl (C=O) groups is 1. The molecule has 152 valence electrons. The first-order valence-electron chi connectivity index (χ1n) is 10.1. The van der Waals surface area contributed by atoms with E-state index in [1.807, 2.05) is 29.7 Å². The smallest absolute Gasteiger partial charge is 0.237 e. The van der Waals surface area contributed by atoms with E-state index < -0.39 is 0 Å². The van der Waals surface area contributed by atoms with Crippen LogP contribution in [0.3, 0.4) is 0 Å². The Morgan fingerprint density at radius 2 is 2.03 bits per heavy atom. The largest absolute Gasteiger partial charge is 0.467 e. The lowest BCUT2D eigenvalue weighted by molar-refractivity contribution is -0.115. The molecule has 7 heteroatoms. The predicted molar refractivity (Wildman–Crippen MR) is 114 cm³/mol. The summed E-state index contributed by atoms with van der Waals surface area (Å²) < 4.78 is 7.53. The summed E-state index contributed by atoms with van der Waals surface area (Å²) in [6.45, 7) is 6.62. The molecule has 0 radical (unpaired) electrons. The highest BCUT2D eigenvalue weighted by atomic mass is 32.2. The molecule has 0 saturated carbocycles. The maximum atomic E-state index is 12.8. The lowest BCUT2D eigenvalue weighted by atomic mass is 10.1. The summed E-state index contributed by atoms with van der Waals surface area (Å²) in [6, 6.07) is 10.0. The van der Waals surface area contributed by atoms with Crippen molar-refractivity contribution in [1.29, 1.82) is 0 Å². The van der Waals surface area contributed by atoms with Gasteiger partial charge in [0.1, 0.15) is 11.6 Å². The zero-order valence-electron chi connectivity index (χ0n) is 17.0. The van der Waals surface area contributed by atoms with Crippen molar-refractivity contribution in [2.24, 2.45) is 0 Å². The Balaban J connectivity index is 1.47. The van der Waals surface area contributed by atoms with Crippen molar-refractivity contribution in [2.75, 3.05) is 5.32 Å². The first kappa shape index (κ1) is 19.8. The van der Waals surface area contributed by atoms with Gasteiger partial charge in [0.2, 0.25) is 5.91 Å². The van der Waals surface area contributed by atoms with Crippen LogP contribution < -0.4 is 5.32 Å². The number of amides is 1. The number of aromatic nitrogens is 3. The molecule has 1 atom stereocenters. The average Bonchev–Trinajstić information content (AvgIpc) is 3.43. The van der Waals surface area contributed by atoms with E-state index in [4.69, 9.17) is 4.42 Å². The van der Waals surface area contributed by atoms with Gasteiger partial charge < -0.3 is 9.73 Å². The Hall–Kier alpha value is -2.54.